The van der Waals surface area contributed by atoms with Crippen molar-refractivity contribution in [3.8, 4) is 0 Å². The van der Waals surface area contributed by atoms with Crippen molar-refractivity contribution in [2.45, 2.75) is 12.5 Å². The molecule has 0 aromatic heterocycles. The van der Waals surface area contributed by atoms with Gasteiger partial charge in [0.1, 0.15) is 0 Å². The molecule has 0 saturated carbocycles. The van der Waals surface area contributed by atoms with Gasteiger partial charge in [0.15, 0.2) is 0 Å². The second-order valence-electron chi connectivity index (χ2n) is 3.50. The number of carbonyl (C=O) groups is 1. The number of carbonyl (C=O) groups excluding carboxylic acids is 1. The summed E-state index contributed by atoms with van der Waals surface area (Å²) in [4.78, 5) is 11.6. The molecule has 1 aromatic carbocycles. The maximum atomic E-state index is 11.6. The second kappa shape index (κ2) is 3.80. The van der Waals surface area contributed by atoms with Gasteiger partial charge in [-0.05, 0) is 11.1 Å². The van der Waals surface area contributed by atoms with Crippen molar-refractivity contribution < 1.29 is 4.79 Å². The lowest BCUT2D eigenvalue weighted by atomic mass is 9.90. The first-order chi connectivity index (χ1) is 6.83. The van der Waals surface area contributed by atoms with Crippen LogP contribution in [0.5, 0.6) is 0 Å². The minimum atomic E-state index is -0.0371. The third-order valence-electron chi connectivity index (χ3n) is 2.66. The van der Waals surface area contributed by atoms with E-state index in [0.29, 0.717) is 0 Å². The van der Waals surface area contributed by atoms with Crippen LogP contribution in [-0.4, -0.2) is 19.5 Å². The molecule has 3 nitrogen and oxygen atoms in total. The van der Waals surface area contributed by atoms with E-state index in [9.17, 15) is 4.79 Å². The summed E-state index contributed by atoms with van der Waals surface area (Å²) in [6.45, 7) is 1.60. The Labute approximate surface area is 83.5 Å². The standard InChI is InChI=1S/C11H14N2O/c1-12-11(14)10-7-13-6-8-4-2-3-5-9(8)10/h2-5,10,13H,6-7H2,1H3,(H,12,14). The van der Waals surface area contributed by atoms with Gasteiger partial charge in [-0.25, -0.2) is 0 Å². The molecule has 1 aliphatic rings. The quantitative estimate of drug-likeness (QED) is 0.681. The lowest BCUT2D eigenvalue weighted by Crippen LogP contribution is -2.37. The van der Waals surface area contributed by atoms with Crippen molar-refractivity contribution in [2.75, 3.05) is 13.6 Å². The second-order valence-corrected chi connectivity index (χ2v) is 3.50. The summed E-state index contributed by atoms with van der Waals surface area (Å²) < 4.78 is 0. The van der Waals surface area contributed by atoms with Gasteiger partial charge >= 0.3 is 0 Å². The van der Waals surface area contributed by atoms with Crippen molar-refractivity contribution in [1.82, 2.24) is 10.6 Å². The fraction of sp³-hybridized carbons (Fsp3) is 0.364. The lowest BCUT2D eigenvalue weighted by molar-refractivity contribution is -0.122. The van der Waals surface area contributed by atoms with Gasteiger partial charge in [-0.3, -0.25) is 4.79 Å². The summed E-state index contributed by atoms with van der Waals surface area (Å²) in [5.41, 5.74) is 2.39. The van der Waals surface area contributed by atoms with E-state index in [1.807, 2.05) is 18.2 Å². The molecule has 2 N–H and O–H groups in total. The number of fused-ring (bicyclic) bond motifs is 1. The maximum absolute atomic E-state index is 11.6. The third-order valence-corrected chi connectivity index (χ3v) is 2.66. The summed E-state index contributed by atoms with van der Waals surface area (Å²) >= 11 is 0. The Morgan fingerprint density at radius 3 is 3.07 bits per heavy atom. The molecule has 3 heteroatoms. The molecule has 0 spiro atoms. The average molecular weight is 190 g/mol. The molecule has 0 bridgehead atoms. The highest BCUT2D eigenvalue weighted by Gasteiger charge is 2.24. The van der Waals surface area contributed by atoms with Crippen molar-refractivity contribution in [2.24, 2.45) is 0 Å². The summed E-state index contributed by atoms with van der Waals surface area (Å²) in [6.07, 6.45) is 0. The Kier molecular flexibility index (Phi) is 2.50. The normalized spacial score (nSPS) is 19.9. The number of hydrogen-bond donors (Lipinski definition) is 2. The highest BCUT2D eigenvalue weighted by atomic mass is 16.1. The van der Waals surface area contributed by atoms with E-state index < -0.39 is 0 Å². The van der Waals surface area contributed by atoms with Crippen molar-refractivity contribution in [1.29, 1.82) is 0 Å². The summed E-state index contributed by atoms with van der Waals surface area (Å²) in [5.74, 6) is 0.0506. The van der Waals surface area contributed by atoms with Crippen molar-refractivity contribution in [3.05, 3.63) is 35.4 Å². The van der Waals surface area contributed by atoms with Gasteiger partial charge in [-0.15, -0.1) is 0 Å². The largest absolute Gasteiger partial charge is 0.359 e. The van der Waals surface area contributed by atoms with Crippen LogP contribution >= 0.6 is 0 Å². The summed E-state index contributed by atoms with van der Waals surface area (Å²) in [6, 6.07) is 8.10. The van der Waals surface area contributed by atoms with Gasteiger partial charge in [-0.1, -0.05) is 24.3 Å². The number of hydrogen-bond acceptors (Lipinski definition) is 2. The number of nitrogens with one attached hydrogen (secondary N) is 2. The van der Waals surface area contributed by atoms with Crippen LogP contribution in [0, 0.1) is 0 Å². The molecular formula is C11H14N2O. The number of benzene rings is 1. The van der Waals surface area contributed by atoms with E-state index >= 15 is 0 Å². The first kappa shape index (κ1) is 9.21. The number of rotatable bonds is 1. The van der Waals surface area contributed by atoms with Gasteiger partial charge < -0.3 is 10.6 Å². The molecule has 1 aliphatic heterocycles. The Bertz CT molecular complexity index is 349. The fourth-order valence-electron chi connectivity index (χ4n) is 1.90. The SMILES string of the molecule is CNC(=O)C1CNCc2ccccc21. The first-order valence-electron chi connectivity index (χ1n) is 4.83. The van der Waals surface area contributed by atoms with E-state index in [2.05, 4.69) is 16.7 Å². The zero-order valence-electron chi connectivity index (χ0n) is 8.21. The Balaban J connectivity index is 2.35. The number of amides is 1. The maximum Gasteiger partial charge on any atom is 0.228 e. The first-order valence-corrected chi connectivity index (χ1v) is 4.83. The van der Waals surface area contributed by atoms with Gasteiger partial charge in [-0.2, -0.15) is 0 Å². The molecule has 0 fully saturated rings. The summed E-state index contributed by atoms with van der Waals surface area (Å²) in [5, 5.41) is 5.94. The zero-order valence-corrected chi connectivity index (χ0v) is 8.21. The summed E-state index contributed by atoms with van der Waals surface area (Å²) in [7, 11) is 1.68. The smallest absolute Gasteiger partial charge is 0.228 e. The van der Waals surface area contributed by atoms with Gasteiger partial charge in [0.2, 0.25) is 5.91 Å². The third kappa shape index (κ3) is 1.51. The van der Waals surface area contributed by atoms with Crippen molar-refractivity contribution in [3.63, 3.8) is 0 Å². The van der Waals surface area contributed by atoms with E-state index in [4.69, 9.17) is 0 Å². The molecule has 0 radical (unpaired) electrons. The molecule has 1 aromatic rings. The molecule has 0 saturated heterocycles. The Morgan fingerprint density at radius 2 is 2.29 bits per heavy atom. The van der Waals surface area contributed by atoms with Gasteiger partial charge in [0.25, 0.3) is 0 Å². The van der Waals surface area contributed by atoms with Crippen LogP contribution in [0.1, 0.15) is 17.0 Å². The fourth-order valence-corrected chi connectivity index (χ4v) is 1.90. The van der Waals surface area contributed by atoms with E-state index in [1.54, 1.807) is 7.05 Å². The van der Waals surface area contributed by atoms with Crippen LogP contribution in [0.25, 0.3) is 0 Å². The molecule has 0 aliphatic carbocycles. The molecule has 74 valence electrons. The van der Waals surface area contributed by atoms with Crippen LogP contribution in [0.3, 0.4) is 0 Å². The minimum Gasteiger partial charge on any atom is -0.359 e. The highest BCUT2D eigenvalue weighted by Crippen LogP contribution is 2.23. The molecule has 1 heterocycles. The molecule has 14 heavy (non-hydrogen) atoms. The van der Waals surface area contributed by atoms with Crippen LogP contribution in [0.2, 0.25) is 0 Å². The predicted octanol–water partition coefficient (Wildman–Crippen LogP) is 0.619. The van der Waals surface area contributed by atoms with E-state index in [1.165, 1.54) is 5.56 Å². The number of likely N-dealkylation sites (N-methyl/N-ethyl adjacent to an activating group) is 1. The lowest BCUT2D eigenvalue weighted by Gasteiger charge is -2.24. The van der Waals surface area contributed by atoms with Crippen LogP contribution < -0.4 is 10.6 Å². The van der Waals surface area contributed by atoms with E-state index in [-0.39, 0.29) is 11.8 Å². The van der Waals surface area contributed by atoms with E-state index in [0.717, 1.165) is 18.7 Å². The Hall–Kier alpha value is -1.35. The van der Waals surface area contributed by atoms with Gasteiger partial charge in [0.05, 0.1) is 5.92 Å². The molecular weight excluding hydrogens is 176 g/mol. The Morgan fingerprint density at radius 1 is 1.50 bits per heavy atom. The monoisotopic (exact) mass is 190 g/mol. The average Bonchev–Trinajstić information content (AvgIpc) is 2.27. The highest BCUT2D eigenvalue weighted by molar-refractivity contribution is 5.84. The predicted molar refractivity (Wildman–Crippen MR) is 55.0 cm³/mol. The molecule has 1 atom stereocenters. The molecule has 1 unspecified atom stereocenters. The van der Waals surface area contributed by atoms with Crippen LogP contribution in [0.4, 0.5) is 0 Å². The van der Waals surface area contributed by atoms with Gasteiger partial charge in [0, 0.05) is 20.1 Å². The van der Waals surface area contributed by atoms with Crippen LogP contribution in [0.15, 0.2) is 24.3 Å². The van der Waals surface area contributed by atoms with Crippen molar-refractivity contribution >= 4 is 5.91 Å². The van der Waals surface area contributed by atoms with Crippen LogP contribution in [-0.2, 0) is 11.3 Å². The zero-order chi connectivity index (χ0) is 9.97. The molecule has 2 rings (SSSR count). The topological polar surface area (TPSA) is 41.1 Å². The molecule has 1 amide bonds. The minimum absolute atomic E-state index is 0.0371.